The number of hydrogen-bond acceptors (Lipinski definition) is 4. The molecule has 2 saturated heterocycles. The second-order valence-corrected chi connectivity index (χ2v) is 8.48. The SMILES string of the molecule is CCNC(=NCc1ccc(C(=O)N2CC(C)OC(C)C2)cc1)N1CCC(OCC)CC1. The quantitative estimate of drug-likeness (QED) is 0.555. The van der Waals surface area contributed by atoms with E-state index in [2.05, 4.69) is 24.1 Å². The van der Waals surface area contributed by atoms with Gasteiger partial charge in [-0.2, -0.15) is 0 Å². The van der Waals surface area contributed by atoms with E-state index in [0.717, 1.165) is 56.2 Å². The van der Waals surface area contributed by atoms with E-state index in [1.807, 2.05) is 43.0 Å². The lowest BCUT2D eigenvalue weighted by Crippen LogP contribution is -2.48. The molecule has 7 heteroatoms. The van der Waals surface area contributed by atoms with Crippen molar-refractivity contribution in [2.75, 3.05) is 39.3 Å². The van der Waals surface area contributed by atoms with Crippen LogP contribution < -0.4 is 5.32 Å². The zero-order chi connectivity index (χ0) is 22.2. The molecule has 2 heterocycles. The summed E-state index contributed by atoms with van der Waals surface area (Å²) in [6.07, 6.45) is 2.59. The number of amides is 1. The van der Waals surface area contributed by atoms with E-state index in [1.165, 1.54) is 0 Å². The monoisotopic (exact) mass is 430 g/mol. The van der Waals surface area contributed by atoms with Gasteiger partial charge in [0, 0.05) is 44.9 Å². The van der Waals surface area contributed by atoms with Crippen molar-refractivity contribution < 1.29 is 14.3 Å². The molecule has 1 N–H and O–H groups in total. The van der Waals surface area contributed by atoms with Crippen molar-refractivity contribution in [3.05, 3.63) is 35.4 Å². The normalized spacial score (nSPS) is 23.2. The number of ether oxygens (including phenoxy) is 2. The minimum absolute atomic E-state index is 0.0718. The fraction of sp³-hybridized carbons (Fsp3) is 0.667. The van der Waals surface area contributed by atoms with Crippen LogP contribution in [0, 0.1) is 0 Å². The van der Waals surface area contributed by atoms with Gasteiger partial charge in [-0.05, 0) is 58.2 Å². The second kappa shape index (κ2) is 11.5. The molecule has 0 radical (unpaired) electrons. The molecule has 0 aliphatic carbocycles. The smallest absolute Gasteiger partial charge is 0.254 e. The Morgan fingerprint density at radius 2 is 1.74 bits per heavy atom. The summed E-state index contributed by atoms with van der Waals surface area (Å²) in [5.74, 6) is 1.02. The van der Waals surface area contributed by atoms with E-state index < -0.39 is 0 Å². The van der Waals surface area contributed by atoms with Crippen molar-refractivity contribution >= 4 is 11.9 Å². The van der Waals surface area contributed by atoms with Gasteiger partial charge in [0.25, 0.3) is 5.91 Å². The molecule has 0 bridgehead atoms. The van der Waals surface area contributed by atoms with Gasteiger partial charge in [-0.15, -0.1) is 0 Å². The van der Waals surface area contributed by atoms with Crippen molar-refractivity contribution in [3.63, 3.8) is 0 Å². The first-order valence-corrected chi connectivity index (χ1v) is 11.7. The fourth-order valence-corrected chi connectivity index (χ4v) is 4.34. The van der Waals surface area contributed by atoms with Crippen LogP contribution >= 0.6 is 0 Å². The first kappa shape index (κ1) is 23.5. The summed E-state index contributed by atoms with van der Waals surface area (Å²) < 4.78 is 11.5. The van der Waals surface area contributed by atoms with E-state index in [9.17, 15) is 4.79 Å². The standard InChI is InChI=1S/C24H38N4O3/c1-5-25-24(27-13-11-22(12-14-27)30-6-2)26-15-20-7-9-21(10-8-20)23(29)28-16-18(3)31-19(4)17-28/h7-10,18-19,22H,5-6,11-17H2,1-4H3,(H,25,26). The van der Waals surface area contributed by atoms with Crippen LogP contribution in [0.2, 0.25) is 0 Å². The third-order valence-electron chi connectivity index (χ3n) is 5.80. The molecule has 2 atom stereocenters. The Bertz CT molecular complexity index is 719. The van der Waals surface area contributed by atoms with Crippen molar-refractivity contribution in [2.45, 2.75) is 65.4 Å². The maximum absolute atomic E-state index is 12.8. The van der Waals surface area contributed by atoms with E-state index >= 15 is 0 Å². The highest BCUT2D eigenvalue weighted by molar-refractivity contribution is 5.94. The molecular formula is C24H38N4O3. The molecule has 172 valence electrons. The number of guanidine groups is 1. The highest BCUT2D eigenvalue weighted by atomic mass is 16.5. The van der Waals surface area contributed by atoms with Crippen molar-refractivity contribution in [3.8, 4) is 0 Å². The Hall–Kier alpha value is -2.12. The number of nitrogens with zero attached hydrogens (tertiary/aromatic N) is 3. The van der Waals surface area contributed by atoms with Crippen LogP contribution in [-0.4, -0.2) is 79.3 Å². The third kappa shape index (κ3) is 6.68. The Labute approximate surface area is 186 Å². The third-order valence-corrected chi connectivity index (χ3v) is 5.80. The number of morpholine rings is 1. The highest BCUT2D eigenvalue weighted by Gasteiger charge is 2.26. The summed E-state index contributed by atoms with van der Waals surface area (Å²) in [6.45, 7) is 13.6. The number of carbonyl (C=O) groups excluding carboxylic acids is 1. The summed E-state index contributed by atoms with van der Waals surface area (Å²) in [5, 5.41) is 3.41. The summed E-state index contributed by atoms with van der Waals surface area (Å²) in [5.41, 5.74) is 1.82. The van der Waals surface area contributed by atoms with Gasteiger partial charge in [0.15, 0.2) is 5.96 Å². The zero-order valence-electron chi connectivity index (χ0n) is 19.5. The van der Waals surface area contributed by atoms with Crippen LogP contribution in [0.5, 0.6) is 0 Å². The Balaban J connectivity index is 1.58. The number of carbonyl (C=O) groups is 1. The molecule has 2 fully saturated rings. The number of likely N-dealkylation sites (tertiary alicyclic amines) is 1. The Morgan fingerprint density at radius 3 is 2.32 bits per heavy atom. The molecule has 31 heavy (non-hydrogen) atoms. The average molecular weight is 431 g/mol. The zero-order valence-corrected chi connectivity index (χ0v) is 19.5. The predicted molar refractivity (Wildman–Crippen MR) is 123 cm³/mol. The molecule has 1 aromatic carbocycles. The summed E-state index contributed by atoms with van der Waals surface area (Å²) >= 11 is 0. The minimum atomic E-state index is 0.0718. The second-order valence-electron chi connectivity index (χ2n) is 8.48. The van der Waals surface area contributed by atoms with Gasteiger partial charge in [-0.1, -0.05) is 12.1 Å². The average Bonchev–Trinajstić information content (AvgIpc) is 2.77. The molecule has 0 aromatic heterocycles. The maximum Gasteiger partial charge on any atom is 0.254 e. The van der Waals surface area contributed by atoms with Crippen LogP contribution in [0.25, 0.3) is 0 Å². The van der Waals surface area contributed by atoms with Gasteiger partial charge in [-0.25, -0.2) is 4.99 Å². The Morgan fingerprint density at radius 1 is 1.10 bits per heavy atom. The summed E-state index contributed by atoms with van der Waals surface area (Å²) in [7, 11) is 0. The highest BCUT2D eigenvalue weighted by Crippen LogP contribution is 2.16. The molecule has 2 unspecified atom stereocenters. The first-order chi connectivity index (χ1) is 15.0. The lowest BCUT2D eigenvalue weighted by atomic mass is 10.1. The van der Waals surface area contributed by atoms with Crippen molar-refractivity contribution in [1.82, 2.24) is 15.1 Å². The molecular weight excluding hydrogens is 392 g/mol. The van der Waals surface area contributed by atoms with E-state index in [1.54, 1.807) is 0 Å². The van der Waals surface area contributed by atoms with Crippen LogP contribution in [0.4, 0.5) is 0 Å². The van der Waals surface area contributed by atoms with E-state index in [0.29, 0.717) is 25.7 Å². The minimum Gasteiger partial charge on any atom is -0.378 e. The number of aliphatic imine (C=N–C) groups is 1. The molecule has 2 aliphatic heterocycles. The van der Waals surface area contributed by atoms with E-state index in [-0.39, 0.29) is 18.1 Å². The number of benzene rings is 1. The van der Waals surface area contributed by atoms with Gasteiger partial charge in [-0.3, -0.25) is 4.79 Å². The Kier molecular flexibility index (Phi) is 8.72. The lowest BCUT2D eigenvalue weighted by Gasteiger charge is -2.35. The summed E-state index contributed by atoms with van der Waals surface area (Å²) in [4.78, 5) is 21.9. The number of hydrogen-bond donors (Lipinski definition) is 1. The van der Waals surface area contributed by atoms with Gasteiger partial charge in [0.05, 0.1) is 24.9 Å². The van der Waals surface area contributed by atoms with Gasteiger partial charge in [0.1, 0.15) is 0 Å². The first-order valence-electron chi connectivity index (χ1n) is 11.7. The molecule has 1 aromatic rings. The van der Waals surface area contributed by atoms with Crippen molar-refractivity contribution in [2.24, 2.45) is 4.99 Å². The van der Waals surface area contributed by atoms with E-state index in [4.69, 9.17) is 14.5 Å². The van der Waals surface area contributed by atoms with Crippen LogP contribution in [0.15, 0.2) is 29.3 Å². The predicted octanol–water partition coefficient (Wildman–Crippen LogP) is 2.90. The molecule has 0 spiro atoms. The topological polar surface area (TPSA) is 66.4 Å². The van der Waals surface area contributed by atoms with Crippen molar-refractivity contribution in [1.29, 1.82) is 0 Å². The number of nitrogens with one attached hydrogen (secondary N) is 1. The number of rotatable bonds is 6. The fourth-order valence-electron chi connectivity index (χ4n) is 4.34. The van der Waals surface area contributed by atoms with Crippen LogP contribution in [0.3, 0.4) is 0 Å². The summed E-state index contributed by atoms with van der Waals surface area (Å²) in [6, 6.07) is 7.85. The van der Waals surface area contributed by atoms with Gasteiger partial charge in [0.2, 0.25) is 0 Å². The number of piperidine rings is 1. The molecule has 3 rings (SSSR count). The largest absolute Gasteiger partial charge is 0.378 e. The molecule has 0 saturated carbocycles. The lowest BCUT2D eigenvalue weighted by molar-refractivity contribution is -0.0586. The van der Waals surface area contributed by atoms with Gasteiger partial charge < -0.3 is 24.6 Å². The van der Waals surface area contributed by atoms with Crippen LogP contribution in [-0.2, 0) is 16.0 Å². The van der Waals surface area contributed by atoms with Gasteiger partial charge >= 0.3 is 0 Å². The molecule has 2 aliphatic rings. The maximum atomic E-state index is 12.8. The molecule has 7 nitrogen and oxygen atoms in total. The van der Waals surface area contributed by atoms with Crippen LogP contribution in [0.1, 0.15) is 56.5 Å². The molecule has 1 amide bonds.